The molecule has 1 unspecified atom stereocenters. The number of likely N-dealkylation sites (N-methyl/N-ethyl adjacent to an activating group) is 1. The highest BCUT2D eigenvalue weighted by Crippen LogP contribution is 2.40. The summed E-state index contributed by atoms with van der Waals surface area (Å²) in [5, 5.41) is 2.99. The van der Waals surface area contributed by atoms with Gasteiger partial charge in [0, 0.05) is 12.1 Å². The Kier molecular flexibility index (Phi) is 7.28. The van der Waals surface area contributed by atoms with E-state index in [2.05, 4.69) is 5.32 Å². The van der Waals surface area contributed by atoms with Crippen molar-refractivity contribution in [1.82, 2.24) is 19.4 Å². The Morgan fingerprint density at radius 1 is 0.786 bits per heavy atom. The second kappa shape index (κ2) is 11.2. The Hall–Kier alpha value is -4.86. The molecule has 2 aromatic heterocycles. The van der Waals surface area contributed by atoms with Crippen molar-refractivity contribution in [2.45, 2.75) is 15.8 Å². The lowest BCUT2D eigenvalue weighted by Crippen LogP contribution is -2.28. The molecule has 9 heteroatoms. The monoisotopic (exact) mass is 575 g/mol. The number of anilines is 1. The van der Waals surface area contributed by atoms with E-state index in [0.29, 0.717) is 28.8 Å². The van der Waals surface area contributed by atoms with Crippen molar-refractivity contribution in [3.63, 3.8) is 0 Å². The summed E-state index contributed by atoms with van der Waals surface area (Å²) >= 11 is 0. The minimum Gasteiger partial charge on any atom is -0.307 e. The van der Waals surface area contributed by atoms with Crippen LogP contribution in [0.15, 0.2) is 125 Å². The number of fused-ring (bicyclic) bond motifs is 2. The lowest BCUT2D eigenvalue weighted by atomic mass is 10.1. The molecule has 0 aliphatic carbocycles. The van der Waals surface area contributed by atoms with E-state index in [1.54, 1.807) is 60.7 Å². The van der Waals surface area contributed by atoms with E-state index in [4.69, 9.17) is 9.97 Å². The summed E-state index contributed by atoms with van der Waals surface area (Å²) in [5.41, 5.74) is 3.05. The quantitative estimate of drug-likeness (QED) is 0.246. The van der Waals surface area contributed by atoms with Gasteiger partial charge in [0.15, 0.2) is 5.65 Å². The predicted molar refractivity (Wildman–Crippen MR) is 164 cm³/mol. The van der Waals surface area contributed by atoms with Crippen LogP contribution in [-0.4, -0.2) is 54.4 Å². The number of benzene rings is 4. The second-order valence-corrected chi connectivity index (χ2v) is 12.1. The molecule has 0 aliphatic rings. The van der Waals surface area contributed by atoms with Gasteiger partial charge in [-0.05, 0) is 56.1 Å². The first-order valence-corrected chi connectivity index (χ1v) is 15.0. The largest absolute Gasteiger partial charge is 0.307 e. The molecule has 6 aromatic rings. The SMILES string of the molecule is CN(C)CC(c1ccccc1)n1c(NC(=O)c2ccccc2)c(S(=O)(=O)c2ccccc2)c2nc3ccccc3nc21. The van der Waals surface area contributed by atoms with Crippen LogP contribution in [0.4, 0.5) is 5.82 Å². The average Bonchev–Trinajstić information content (AvgIpc) is 3.32. The number of hydrogen-bond acceptors (Lipinski definition) is 6. The zero-order chi connectivity index (χ0) is 29.3. The lowest BCUT2D eigenvalue weighted by molar-refractivity contribution is 0.102. The molecule has 210 valence electrons. The summed E-state index contributed by atoms with van der Waals surface area (Å²) in [6, 6.07) is 33.6. The van der Waals surface area contributed by atoms with Crippen LogP contribution in [-0.2, 0) is 9.84 Å². The Labute approximate surface area is 244 Å². The number of hydrogen-bond donors (Lipinski definition) is 1. The van der Waals surface area contributed by atoms with Crippen LogP contribution < -0.4 is 5.32 Å². The van der Waals surface area contributed by atoms with Crippen LogP contribution in [0.5, 0.6) is 0 Å². The molecular formula is C33H29N5O3S. The summed E-state index contributed by atoms with van der Waals surface area (Å²) in [6.45, 7) is 0.501. The number of carbonyl (C=O) groups is 1. The molecule has 0 bridgehead atoms. The second-order valence-electron chi connectivity index (χ2n) is 10.3. The standard InChI is InChI=1S/C33H29N5O3S/c1-37(2)22-28(23-14-6-3-7-15-23)38-31-29(34-26-20-12-13-21-27(26)35-31)30(42(40,41)25-18-10-5-11-19-25)32(38)36-33(39)24-16-8-4-9-17-24/h3-21,28H,22H2,1-2H3,(H,36,39). The summed E-state index contributed by atoms with van der Waals surface area (Å²) in [7, 11) is -0.266. The third kappa shape index (κ3) is 5.04. The number of sulfone groups is 1. The topological polar surface area (TPSA) is 97.2 Å². The first kappa shape index (κ1) is 27.3. The van der Waals surface area contributed by atoms with Crippen LogP contribution in [0.25, 0.3) is 22.2 Å². The Morgan fingerprint density at radius 2 is 1.33 bits per heavy atom. The third-order valence-corrected chi connectivity index (χ3v) is 8.89. The molecule has 42 heavy (non-hydrogen) atoms. The van der Waals surface area contributed by atoms with E-state index in [1.165, 1.54) is 0 Å². The van der Waals surface area contributed by atoms with Gasteiger partial charge in [0.05, 0.1) is 22.0 Å². The van der Waals surface area contributed by atoms with E-state index < -0.39 is 21.8 Å². The zero-order valence-corrected chi connectivity index (χ0v) is 24.0. The van der Waals surface area contributed by atoms with Crippen LogP contribution in [0, 0.1) is 0 Å². The van der Waals surface area contributed by atoms with Crippen molar-refractivity contribution < 1.29 is 13.2 Å². The molecule has 0 fully saturated rings. The molecule has 1 atom stereocenters. The number of amides is 1. The molecule has 6 rings (SSSR count). The fourth-order valence-corrected chi connectivity index (χ4v) is 6.70. The average molecular weight is 576 g/mol. The van der Waals surface area contributed by atoms with Crippen LogP contribution >= 0.6 is 0 Å². The molecule has 0 saturated heterocycles. The van der Waals surface area contributed by atoms with Crippen molar-refractivity contribution in [2.24, 2.45) is 0 Å². The van der Waals surface area contributed by atoms with E-state index in [9.17, 15) is 13.2 Å². The minimum atomic E-state index is -4.17. The van der Waals surface area contributed by atoms with Crippen molar-refractivity contribution in [2.75, 3.05) is 26.0 Å². The van der Waals surface area contributed by atoms with Crippen LogP contribution in [0.3, 0.4) is 0 Å². The Bertz CT molecular complexity index is 1990. The van der Waals surface area contributed by atoms with Crippen molar-refractivity contribution >= 4 is 43.8 Å². The predicted octanol–water partition coefficient (Wildman–Crippen LogP) is 5.82. The molecule has 0 aliphatic heterocycles. The maximum Gasteiger partial charge on any atom is 0.256 e. The van der Waals surface area contributed by atoms with Crippen molar-refractivity contribution in [3.8, 4) is 0 Å². The summed E-state index contributed by atoms with van der Waals surface area (Å²) < 4.78 is 30.8. The van der Waals surface area contributed by atoms with Gasteiger partial charge < -0.3 is 14.8 Å². The highest BCUT2D eigenvalue weighted by molar-refractivity contribution is 7.92. The van der Waals surface area contributed by atoms with Crippen LogP contribution in [0.2, 0.25) is 0 Å². The van der Waals surface area contributed by atoms with Crippen LogP contribution in [0.1, 0.15) is 22.0 Å². The molecule has 0 radical (unpaired) electrons. The first-order valence-electron chi connectivity index (χ1n) is 13.5. The number of nitrogens with one attached hydrogen (secondary N) is 1. The lowest BCUT2D eigenvalue weighted by Gasteiger charge is -2.26. The summed E-state index contributed by atoms with van der Waals surface area (Å²) in [4.78, 5) is 25.6. The Balaban J connectivity index is 1.74. The van der Waals surface area contributed by atoms with E-state index in [0.717, 1.165) is 5.56 Å². The number of carbonyl (C=O) groups excluding carboxylic acids is 1. The van der Waals surface area contributed by atoms with Gasteiger partial charge in [-0.3, -0.25) is 4.79 Å². The highest BCUT2D eigenvalue weighted by Gasteiger charge is 2.35. The molecular weight excluding hydrogens is 546 g/mol. The van der Waals surface area contributed by atoms with Gasteiger partial charge >= 0.3 is 0 Å². The van der Waals surface area contributed by atoms with Gasteiger partial charge in [0.25, 0.3) is 5.91 Å². The fraction of sp³-hybridized carbons (Fsp3) is 0.121. The van der Waals surface area contributed by atoms with Gasteiger partial charge in [0.1, 0.15) is 16.2 Å². The van der Waals surface area contributed by atoms with Gasteiger partial charge in [-0.1, -0.05) is 78.9 Å². The molecule has 1 amide bonds. The maximum absolute atomic E-state index is 14.5. The fourth-order valence-electron chi connectivity index (χ4n) is 5.16. The molecule has 0 spiro atoms. The first-order chi connectivity index (χ1) is 20.3. The number of nitrogens with zero attached hydrogens (tertiary/aromatic N) is 4. The smallest absolute Gasteiger partial charge is 0.256 e. The van der Waals surface area contributed by atoms with Gasteiger partial charge in [-0.25, -0.2) is 18.4 Å². The molecule has 0 saturated carbocycles. The van der Waals surface area contributed by atoms with E-state index in [-0.39, 0.29) is 21.1 Å². The summed E-state index contributed by atoms with van der Waals surface area (Å²) in [6.07, 6.45) is 0. The molecule has 1 N–H and O–H groups in total. The van der Waals surface area contributed by atoms with Gasteiger partial charge in [-0.2, -0.15) is 0 Å². The summed E-state index contributed by atoms with van der Waals surface area (Å²) in [5.74, 6) is -0.320. The number of rotatable bonds is 8. The maximum atomic E-state index is 14.5. The zero-order valence-electron chi connectivity index (χ0n) is 23.2. The minimum absolute atomic E-state index is 0.0917. The third-order valence-electron chi connectivity index (χ3n) is 7.08. The van der Waals surface area contributed by atoms with Gasteiger partial charge in [0.2, 0.25) is 9.84 Å². The van der Waals surface area contributed by atoms with E-state index >= 15 is 0 Å². The van der Waals surface area contributed by atoms with Crippen molar-refractivity contribution in [1.29, 1.82) is 0 Å². The number of para-hydroxylation sites is 2. The van der Waals surface area contributed by atoms with Gasteiger partial charge in [-0.15, -0.1) is 0 Å². The van der Waals surface area contributed by atoms with Crippen molar-refractivity contribution in [3.05, 3.63) is 126 Å². The molecule has 8 nitrogen and oxygen atoms in total. The molecule has 2 heterocycles. The Morgan fingerprint density at radius 3 is 1.95 bits per heavy atom. The molecule has 4 aromatic carbocycles. The van der Waals surface area contributed by atoms with E-state index in [1.807, 2.05) is 78.2 Å². The highest BCUT2D eigenvalue weighted by atomic mass is 32.2. The number of aromatic nitrogens is 3. The normalized spacial score (nSPS) is 12.5.